The van der Waals surface area contributed by atoms with Crippen LogP contribution in [-0.2, 0) is 14.8 Å². The van der Waals surface area contributed by atoms with Crippen LogP contribution in [0, 0.1) is 5.92 Å². The average molecular weight is 429 g/mol. The largest absolute Gasteiger partial charge is 0.508 e. The van der Waals surface area contributed by atoms with E-state index in [1.807, 2.05) is 0 Å². The van der Waals surface area contributed by atoms with Crippen LogP contribution in [0.4, 0.5) is 5.69 Å². The molecular weight excluding hydrogens is 411 g/mol. The van der Waals surface area contributed by atoms with Gasteiger partial charge in [-0.3, -0.25) is 4.79 Å². The molecule has 0 unspecified atom stereocenters. The van der Waals surface area contributed by atoms with Crippen LogP contribution < -0.4 is 5.32 Å². The van der Waals surface area contributed by atoms with Gasteiger partial charge in [0.2, 0.25) is 15.9 Å². The van der Waals surface area contributed by atoms with Gasteiger partial charge in [0, 0.05) is 29.7 Å². The Morgan fingerprint density at radius 2 is 1.70 bits per heavy atom. The van der Waals surface area contributed by atoms with Crippen molar-refractivity contribution in [1.82, 2.24) is 4.31 Å². The Hall–Kier alpha value is -1.80. The number of benzene rings is 2. The molecule has 0 aromatic heterocycles. The summed E-state index contributed by atoms with van der Waals surface area (Å²) in [5.41, 5.74) is 0.582. The molecule has 144 valence electrons. The Bertz CT molecular complexity index is 940. The smallest absolute Gasteiger partial charge is 0.244 e. The first-order valence-electron chi connectivity index (χ1n) is 8.32. The number of phenolic OH excluding ortho intramolecular Hbond substituents is 1. The summed E-state index contributed by atoms with van der Waals surface area (Å²) < 4.78 is 27.0. The fraction of sp³-hybridized carbons (Fsp3) is 0.278. The third kappa shape index (κ3) is 4.55. The van der Waals surface area contributed by atoms with Gasteiger partial charge in [-0.25, -0.2) is 8.42 Å². The summed E-state index contributed by atoms with van der Waals surface area (Å²) >= 11 is 11.9. The Balaban J connectivity index is 1.65. The lowest BCUT2D eigenvalue weighted by molar-refractivity contribution is -0.120. The van der Waals surface area contributed by atoms with E-state index in [1.54, 1.807) is 12.1 Å². The standard InChI is InChI=1S/C18H18Cl2N2O4S/c19-13-1-6-16(20)17(11-13)27(25,26)22-9-7-12(8-10-22)18(24)21-14-2-4-15(23)5-3-14/h1-6,11-12,23H,7-10H2,(H,21,24). The van der Waals surface area contributed by atoms with Crippen LogP contribution in [0.5, 0.6) is 5.75 Å². The number of piperidine rings is 1. The zero-order valence-electron chi connectivity index (χ0n) is 14.2. The van der Waals surface area contributed by atoms with Crippen LogP contribution in [-0.4, -0.2) is 36.8 Å². The number of aromatic hydroxyl groups is 1. The zero-order chi connectivity index (χ0) is 19.6. The van der Waals surface area contributed by atoms with Crippen molar-refractivity contribution in [1.29, 1.82) is 0 Å². The van der Waals surface area contributed by atoms with Gasteiger partial charge in [0.15, 0.2) is 0 Å². The third-order valence-corrected chi connectivity index (χ3v) is 7.09. The molecule has 0 spiro atoms. The second-order valence-corrected chi connectivity index (χ2v) is 9.04. The zero-order valence-corrected chi connectivity index (χ0v) is 16.6. The third-order valence-electron chi connectivity index (χ3n) is 4.47. The fourth-order valence-corrected chi connectivity index (χ4v) is 5.17. The van der Waals surface area contributed by atoms with Gasteiger partial charge in [0.05, 0.1) is 5.02 Å². The Kier molecular flexibility index (Phi) is 5.95. The van der Waals surface area contributed by atoms with Crippen LogP contribution >= 0.6 is 23.2 Å². The molecule has 1 fully saturated rings. The highest BCUT2D eigenvalue weighted by atomic mass is 35.5. The summed E-state index contributed by atoms with van der Waals surface area (Å²) in [6, 6.07) is 10.5. The first-order valence-corrected chi connectivity index (χ1v) is 10.5. The molecule has 1 saturated heterocycles. The first kappa shape index (κ1) is 19.9. The fourth-order valence-electron chi connectivity index (χ4n) is 2.96. The van der Waals surface area contributed by atoms with Gasteiger partial charge in [-0.05, 0) is 55.3 Å². The molecular formula is C18H18Cl2N2O4S. The van der Waals surface area contributed by atoms with Crippen molar-refractivity contribution in [2.75, 3.05) is 18.4 Å². The minimum Gasteiger partial charge on any atom is -0.508 e. The molecule has 1 aliphatic rings. The number of carbonyl (C=O) groups is 1. The monoisotopic (exact) mass is 428 g/mol. The van der Waals surface area contributed by atoms with Gasteiger partial charge >= 0.3 is 0 Å². The van der Waals surface area contributed by atoms with E-state index in [1.165, 1.54) is 34.6 Å². The molecule has 9 heteroatoms. The second-order valence-electron chi connectivity index (χ2n) is 6.29. The highest BCUT2D eigenvalue weighted by molar-refractivity contribution is 7.89. The van der Waals surface area contributed by atoms with Crippen LogP contribution in [0.3, 0.4) is 0 Å². The van der Waals surface area contributed by atoms with Crippen LogP contribution in [0.25, 0.3) is 0 Å². The number of sulfonamides is 1. The van der Waals surface area contributed by atoms with E-state index in [0.717, 1.165) is 0 Å². The van der Waals surface area contributed by atoms with Crippen LogP contribution in [0.15, 0.2) is 47.4 Å². The van der Waals surface area contributed by atoms with Gasteiger partial charge < -0.3 is 10.4 Å². The molecule has 0 aliphatic carbocycles. The molecule has 0 bridgehead atoms. The second kappa shape index (κ2) is 8.06. The number of amides is 1. The van der Waals surface area contributed by atoms with E-state index in [9.17, 15) is 18.3 Å². The van der Waals surface area contributed by atoms with Gasteiger partial charge in [-0.1, -0.05) is 23.2 Å². The van der Waals surface area contributed by atoms with Crippen molar-refractivity contribution >= 4 is 44.8 Å². The quantitative estimate of drug-likeness (QED) is 0.725. The van der Waals surface area contributed by atoms with Gasteiger partial charge in [0.1, 0.15) is 10.6 Å². The lowest BCUT2D eigenvalue weighted by atomic mass is 9.97. The maximum Gasteiger partial charge on any atom is 0.244 e. The van der Waals surface area contributed by atoms with Crippen molar-refractivity contribution < 1.29 is 18.3 Å². The highest BCUT2D eigenvalue weighted by Gasteiger charge is 2.33. The van der Waals surface area contributed by atoms with E-state index in [0.29, 0.717) is 23.6 Å². The van der Waals surface area contributed by atoms with Gasteiger partial charge in [-0.15, -0.1) is 0 Å². The minimum atomic E-state index is -3.77. The van der Waals surface area contributed by atoms with Crippen molar-refractivity contribution in [2.45, 2.75) is 17.7 Å². The number of rotatable bonds is 4. The number of carbonyl (C=O) groups excluding carboxylic acids is 1. The topological polar surface area (TPSA) is 86.7 Å². The summed E-state index contributed by atoms with van der Waals surface area (Å²) in [6.45, 7) is 0.442. The van der Waals surface area contributed by atoms with Crippen molar-refractivity contribution in [3.05, 3.63) is 52.5 Å². The molecule has 2 N–H and O–H groups in total. The highest BCUT2D eigenvalue weighted by Crippen LogP contribution is 2.30. The minimum absolute atomic E-state index is 0.0244. The summed E-state index contributed by atoms with van der Waals surface area (Å²) in [5.74, 6) is -0.343. The molecule has 2 aromatic rings. The SMILES string of the molecule is O=C(Nc1ccc(O)cc1)C1CCN(S(=O)(=O)c2cc(Cl)ccc2Cl)CC1. The number of nitrogens with one attached hydrogen (secondary N) is 1. The molecule has 1 heterocycles. The van der Waals surface area contributed by atoms with Crippen molar-refractivity contribution in [3.8, 4) is 5.75 Å². The molecule has 27 heavy (non-hydrogen) atoms. The van der Waals surface area contributed by atoms with E-state index in [-0.39, 0.29) is 40.6 Å². The predicted molar refractivity (Wildman–Crippen MR) is 105 cm³/mol. The van der Waals surface area contributed by atoms with E-state index in [2.05, 4.69) is 5.32 Å². The number of phenols is 1. The van der Waals surface area contributed by atoms with Gasteiger partial charge in [-0.2, -0.15) is 4.31 Å². The molecule has 0 atom stereocenters. The maximum absolute atomic E-state index is 12.8. The summed E-state index contributed by atoms with van der Waals surface area (Å²) in [7, 11) is -3.77. The molecule has 0 radical (unpaired) electrons. The number of nitrogens with zero attached hydrogens (tertiary/aromatic N) is 1. The predicted octanol–water partition coefficient (Wildman–Crippen LogP) is 3.74. The summed E-state index contributed by atoms with van der Waals surface area (Å²) in [6.07, 6.45) is 0.808. The maximum atomic E-state index is 12.8. The Labute approximate surface area is 167 Å². The normalized spacial score (nSPS) is 16.2. The number of hydrogen-bond donors (Lipinski definition) is 2. The molecule has 2 aromatic carbocycles. The lowest BCUT2D eigenvalue weighted by Crippen LogP contribution is -2.41. The molecule has 6 nitrogen and oxygen atoms in total. The molecule has 1 aliphatic heterocycles. The lowest BCUT2D eigenvalue weighted by Gasteiger charge is -2.30. The molecule has 0 saturated carbocycles. The van der Waals surface area contributed by atoms with E-state index >= 15 is 0 Å². The molecule has 3 rings (SSSR count). The first-order chi connectivity index (χ1) is 12.8. The number of anilines is 1. The van der Waals surface area contributed by atoms with Crippen molar-refractivity contribution in [3.63, 3.8) is 0 Å². The van der Waals surface area contributed by atoms with Crippen molar-refractivity contribution in [2.24, 2.45) is 5.92 Å². The Morgan fingerprint density at radius 1 is 1.07 bits per heavy atom. The van der Waals surface area contributed by atoms with E-state index in [4.69, 9.17) is 23.2 Å². The van der Waals surface area contributed by atoms with Gasteiger partial charge in [0.25, 0.3) is 0 Å². The average Bonchev–Trinajstić information content (AvgIpc) is 2.65. The summed E-state index contributed by atoms with van der Waals surface area (Å²) in [5, 5.41) is 12.5. The van der Waals surface area contributed by atoms with Crippen LogP contribution in [0.2, 0.25) is 10.0 Å². The number of hydrogen-bond acceptors (Lipinski definition) is 4. The van der Waals surface area contributed by atoms with Crippen LogP contribution in [0.1, 0.15) is 12.8 Å². The summed E-state index contributed by atoms with van der Waals surface area (Å²) in [4.78, 5) is 12.4. The Morgan fingerprint density at radius 3 is 2.33 bits per heavy atom. The van der Waals surface area contributed by atoms with E-state index < -0.39 is 10.0 Å². The molecule has 1 amide bonds. The number of halogens is 2.